The molecule has 6 heteroatoms. The number of aromatic nitrogens is 1. The molecule has 0 spiro atoms. The third kappa shape index (κ3) is 4.73. The highest BCUT2D eigenvalue weighted by Gasteiger charge is 2.14. The van der Waals surface area contributed by atoms with Crippen LogP contribution in [0.25, 0.3) is 0 Å². The lowest BCUT2D eigenvalue weighted by Gasteiger charge is -2.11. The number of benzene rings is 2. The number of nitrogens with one attached hydrogen (secondary N) is 2. The average molecular weight is 375 g/mol. The molecule has 0 fully saturated rings. The maximum atomic E-state index is 12.6. The van der Waals surface area contributed by atoms with Gasteiger partial charge >= 0.3 is 0 Å². The molecule has 6 nitrogen and oxygen atoms in total. The van der Waals surface area contributed by atoms with Crippen LogP contribution in [0, 0.1) is 6.92 Å². The number of hydrogen-bond acceptors (Lipinski definition) is 4. The molecule has 3 aromatic rings. The van der Waals surface area contributed by atoms with Gasteiger partial charge < -0.3 is 15.4 Å². The summed E-state index contributed by atoms with van der Waals surface area (Å²) in [6.45, 7) is 2.31. The summed E-state index contributed by atoms with van der Waals surface area (Å²) in [7, 11) is 1.54. The molecule has 0 radical (unpaired) electrons. The molecule has 0 aliphatic heterocycles. The Kier molecular flexibility index (Phi) is 6.01. The normalized spacial score (nSPS) is 10.2. The summed E-state index contributed by atoms with van der Waals surface area (Å²) in [5.41, 5.74) is 2.85. The minimum absolute atomic E-state index is 0.149. The van der Waals surface area contributed by atoms with Gasteiger partial charge in [-0.3, -0.25) is 9.59 Å². The highest BCUT2D eigenvalue weighted by atomic mass is 16.5. The second-order valence-electron chi connectivity index (χ2n) is 6.23. The van der Waals surface area contributed by atoms with Crippen molar-refractivity contribution in [3.63, 3.8) is 0 Å². The van der Waals surface area contributed by atoms with E-state index in [0.717, 1.165) is 11.1 Å². The van der Waals surface area contributed by atoms with E-state index in [1.807, 2.05) is 49.4 Å². The number of ether oxygens (including phenoxy) is 1. The number of aryl methyl sites for hydroxylation is 1. The number of methoxy groups -OCH3 is 1. The van der Waals surface area contributed by atoms with Crippen LogP contribution in [0.15, 0.2) is 66.7 Å². The fourth-order valence-electron chi connectivity index (χ4n) is 2.66. The van der Waals surface area contributed by atoms with E-state index in [1.54, 1.807) is 24.3 Å². The van der Waals surface area contributed by atoms with Crippen LogP contribution < -0.4 is 15.4 Å². The topological polar surface area (TPSA) is 80.3 Å². The maximum Gasteiger partial charge on any atom is 0.274 e. The van der Waals surface area contributed by atoms with Gasteiger partial charge in [-0.1, -0.05) is 42.5 Å². The third-order valence-corrected chi connectivity index (χ3v) is 4.11. The SMILES string of the molecule is COc1ccc(C)cc1NC(=O)c1cccc(C(=O)NCc2ccccc2)n1. The summed E-state index contributed by atoms with van der Waals surface area (Å²) in [6.07, 6.45) is 0. The zero-order valence-electron chi connectivity index (χ0n) is 15.7. The highest BCUT2D eigenvalue weighted by molar-refractivity contribution is 6.04. The van der Waals surface area contributed by atoms with Crippen LogP contribution in [0.5, 0.6) is 5.75 Å². The number of carbonyl (C=O) groups excluding carboxylic acids is 2. The first-order chi connectivity index (χ1) is 13.6. The van der Waals surface area contributed by atoms with Crippen LogP contribution in [-0.4, -0.2) is 23.9 Å². The van der Waals surface area contributed by atoms with Crippen LogP contribution in [0.1, 0.15) is 32.1 Å². The molecule has 0 saturated carbocycles. The lowest BCUT2D eigenvalue weighted by atomic mass is 10.2. The van der Waals surface area contributed by atoms with Crippen LogP contribution >= 0.6 is 0 Å². The van der Waals surface area contributed by atoms with Gasteiger partial charge in [-0.15, -0.1) is 0 Å². The number of hydrogen-bond donors (Lipinski definition) is 2. The first-order valence-corrected chi connectivity index (χ1v) is 8.82. The second kappa shape index (κ2) is 8.81. The molecular weight excluding hydrogens is 354 g/mol. The summed E-state index contributed by atoms with van der Waals surface area (Å²) in [5, 5.41) is 5.59. The molecule has 1 heterocycles. The van der Waals surface area contributed by atoms with Gasteiger partial charge in [0.25, 0.3) is 11.8 Å². The number of pyridine rings is 1. The predicted molar refractivity (Wildman–Crippen MR) is 108 cm³/mol. The van der Waals surface area contributed by atoms with Crippen molar-refractivity contribution in [3.8, 4) is 5.75 Å². The molecule has 2 amide bonds. The number of anilines is 1. The number of carbonyl (C=O) groups is 2. The van der Waals surface area contributed by atoms with E-state index in [-0.39, 0.29) is 17.3 Å². The Hall–Kier alpha value is -3.67. The van der Waals surface area contributed by atoms with Gasteiger partial charge in [0.15, 0.2) is 0 Å². The Bertz CT molecular complexity index is 987. The first-order valence-electron chi connectivity index (χ1n) is 8.82. The Morgan fingerprint density at radius 3 is 2.36 bits per heavy atom. The molecule has 0 aliphatic rings. The molecule has 0 bridgehead atoms. The Morgan fingerprint density at radius 2 is 1.64 bits per heavy atom. The zero-order valence-corrected chi connectivity index (χ0v) is 15.7. The maximum absolute atomic E-state index is 12.6. The van der Waals surface area contributed by atoms with Gasteiger partial charge in [-0.25, -0.2) is 4.98 Å². The van der Waals surface area contributed by atoms with Gasteiger partial charge in [-0.05, 0) is 42.3 Å². The number of rotatable bonds is 6. The van der Waals surface area contributed by atoms with Crippen molar-refractivity contribution < 1.29 is 14.3 Å². The molecule has 142 valence electrons. The minimum Gasteiger partial charge on any atom is -0.495 e. The monoisotopic (exact) mass is 375 g/mol. The fraction of sp³-hybridized carbons (Fsp3) is 0.136. The van der Waals surface area contributed by atoms with Crippen LogP contribution in [0.2, 0.25) is 0 Å². The smallest absolute Gasteiger partial charge is 0.274 e. The molecule has 0 atom stereocenters. The van der Waals surface area contributed by atoms with E-state index in [4.69, 9.17) is 4.74 Å². The van der Waals surface area contributed by atoms with Crippen molar-refractivity contribution in [2.45, 2.75) is 13.5 Å². The molecule has 2 aromatic carbocycles. The van der Waals surface area contributed by atoms with Crippen molar-refractivity contribution in [3.05, 3.63) is 89.2 Å². The van der Waals surface area contributed by atoms with Gasteiger partial charge in [-0.2, -0.15) is 0 Å². The Morgan fingerprint density at radius 1 is 0.929 bits per heavy atom. The Labute approximate surface area is 163 Å². The molecular formula is C22H21N3O3. The molecule has 0 aliphatic carbocycles. The van der Waals surface area contributed by atoms with E-state index in [9.17, 15) is 9.59 Å². The molecule has 0 saturated heterocycles. The number of nitrogens with zero attached hydrogens (tertiary/aromatic N) is 1. The summed E-state index contributed by atoms with van der Waals surface area (Å²) in [6, 6.07) is 19.8. The van der Waals surface area contributed by atoms with Crippen molar-refractivity contribution in [1.29, 1.82) is 0 Å². The van der Waals surface area contributed by atoms with Gasteiger partial charge in [0.1, 0.15) is 17.1 Å². The standard InChI is InChI=1S/C22H21N3O3/c1-15-11-12-20(28-2)19(13-15)25-22(27)18-10-6-9-17(24-18)21(26)23-14-16-7-4-3-5-8-16/h3-13H,14H2,1-2H3,(H,23,26)(H,25,27). The molecule has 1 aromatic heterocycles. The van der Waals surface area contributed by atoms with Crippen molar-refractivity contribution in [2.24, 2.45) is 0 Å². The quantitative estimate of drug-likeness (QED) is 0.690. The van der Waals surface area contributed by atoms with Gasteiger partial charge in [0.2, 0.25) is 0 Å². The van der Waals surface area contributed by atoms with E-state index >= 15 is 0 Å². The lowest BCUT2D eigenvalue weighted by molar-refractivity contribution is 0.0945. The molecule has 0 unspecified atom stereocenters. The minimum atomic E-state index is -0.415. The highest BCUT2D eigenvalue weighted by Crippen LogP contribution is 2.25. The van der Waals surface area contributed by atoms with Crippen molar-refractivity contribution in [2.75, 3.05) is 12.4 Å². The average Bonchev–Trinajstić information content (AvgIpc) is 2.73. The fourth-order valence-corrected chi connectivity index (χ4v) is 2.66. The number of amides is 2. The summed E-state index contributed by atoms with van der Waals surface area (Å²) in [5.74, 6) is -0.205. The largest absolute Gasteiger partial charge is 0.495 e. The van der Waals surface area contributed by atoms with Crippen LogP contribution in [0.3, 0.4) is 0 Å². The summed E-state index contributed by atoms with van der Waals surface area (Å²) >= 11 is 0. The van der Waals surface area contributed by atoms with E-state index in [0.29, 0.717) is 18.0 Å². The van der Waals surface area contributed by atoms with Gasteiger partial charge in [0, 0.05) is 6.54 Å². The van der Waals surface area contributed by atoms with Crippen LogP contribution in [0.4, 0.5) is 5.69 Å². The summed E-state index contributed by atoms with van der Waals surface area (Å²) in [4.78, 5) is 29.2. The first kappa shape index (κ1) is 19.1. The van der Waals surface area contributed by atoms with Crippen LogP contribution in [-0.2, 0) is 6.54 Å². The Balaban J connectivity index is 1.71. The molecule has 2 N–H and O–H groups in total. The van der Waals surface area contributed by atoms with Crippen molar-refractivity contribution in [1.82, 2.24) is 10.3 Å². The lowest BCUT2D eigenvalue weighted by Crippen LogP contribution is -2.25. The van der Waals surface area contributed by atoms with E-state index in [1.165, 1.54) is 7.11 Å². The zero-order chi connectivity index (χ0) is 19.9. The summed E-state index contributed by atoms with van der Waals surface area (Å²) < 4.78 is 5.27. The second-order valence-corrected chi connectivity index (χ2v) is 6.23. The van der Waals surface area contributed by atoms with Gasteiger partial charge in [0.05, 0.1) is 12.8 Å². The molecule has 3 rings (SSSR count). The third-order valence-electron chi connectivity index (χ3n) is 4.11. The molecule has 28 heavy (non-hydrogen) atoms. The predicted octanol–water partition coefficient (Wildman–Crippen LogP) is 3.58. The van der Waals surface area contributed by atoms with E-state index in [2.05, 4.69) is 15.6 Å². The van der Waals surface area contributed by atoms with Crippen molar-refractivity contribution >= 4 is 17.5 Å². The van der Waals surface area contributed by atoms with E-state index < -0.39 is 5.91 Å².